The number of hydrogen-bond acceptors (Lipinski definition) is 3. The Hall–Kier alpha value is -1.65. The van der Waals surface area contributed by atoms with Gasteiger partial charge in [-0.2, -0.15) is 5.10 Å². The van der Waals surface area contributed by atoms with Crippen LogP contribution in [-0.4, -0.2) is 28.0 Å². The molecule has 84 valence electrons. The molecule has 0 saturated carbocycles. The van der Waals surface area contributed by atoms with Crippen molar-refractivity contribution in [3.05, 3.63) is 48.3 Å². The lowest BCUT2D eigenvalue weighted by atomic mass is 10.0. The number of hydrogen-bond donors (Lipinski definition) is 2. The van der Waals surface area contributed by atoms with Crippen LogP contribution in [0.3, 0.4) is 0 Å². The van der Waals surface area contributed by atoms with Gasteiger partial charge >= 0.3 is 0 Å². The van der Waals surface area contributed by atoms with Crippen LogP contribution in [0, 0.1) is 0 Å². The number of aromatic nitrogens is 2. The number of rotatable bonds is 4. The number of aliphatic hydroxyl groups is 1. The third-order valence-electron chi connectivity index (χ3n) is 2.64. The lowest BCUT2D eigenvalue weighted by Gasteiger charge is -2.12. The second-order valence-electron chi connectivity index (χ2n) is 3.66. The maximum absolute atomic E-state index is 9.14. The van der Waals surface area contributed by atoms with E-state index in [2.05, 4.69) is 5.10 Å². The van der Waals surface area contributed by atoms with Gasteiger partial charge in [0.2, 0.25) is 0 Å². The van der Waals surface area contributed by atoms with Crippen molar-refractivity contribution in [1.29, 1.82) is 0 Å². The highest BCUT2D eigenvalue weighted by Crippen LogP contribution is 2.16. The normalized spacial score (nSPS) is 12.6. The first-order valence-electron chi connectivity index (χ1n) is 5.26. The Kier molecular flexibility index (Phi) is 3.34. The first kappa shape index (κ1) is 10.9. The van der Waals surface area contributed by atoms with Crippen molar-refractivity contribution in [2.24, 2.45) is 5.73 Å². The highest BCUT2D eigenvalue weighted by atomic mass is 16.3. The molecule has 0 amide bonds. The van der Waals surface area contributed by atoms with Gasteiger partial charge in [0.15, 0.2) is 0 Å². The van der Waals surface area contributed by atoms with E-state index in [1.54, 1.807) is 10.9 Å². The quantitative estimate of drug-likeness (QED) is 0.800. The standard InChI is InChI=1S/C12H15N3O/c13-8-11(9-16)10-2-4-12(5-3-10)15-7-1-6-14-15/h1-7,11,16H,8-9,13H2. The number of nitrogens with zero attached hydrogens (tertiary/aromatic N) is 2. The molecule has 1 aromatic carbocycles. The van der Waals surface area contributed by atoms with Crippen LogP contribution in [-0.2, 0) is 0 Å². The lowest BCUT2D eigenvalue weighted by Crippen LogP contribution is -2.15. The third-order valence-corrected chi connectivity index (χ3v) is 2.64. The van der Waals surface area contributed by atoms with Gasteiger partial charge in [-0.25, -0.2) is 4.68 Å². The van der Waals surface area contributed by atoms with Gasteiger partial charge in [0.1, 0.15) is 0 Å². The Labute approximate surface area is 94.3 Å². The Morgan fingerprint density at radius 2 is 2.06 bits per heavy atom. The molecule has 0 aliphatic carbocycles. The van der Waals surface area contributed by atoms with E-state index < -0.39 is 0 Å². The average molecular weight is 217 g/mol. The summed E-state index contributed by atoms with van der Waals surface area (Å²) in [6.07, 6.45) is 3.63. The van der Waals surface area contributed by atoms with Crippen LogP contribution in [0.4, 0.5) is 0 Å². The summed E-state index contributed by atoms with van der Waals surface area (Å²) in [6, 6.07) is 9.78. The molecule has 0 spiro atoms. The molecule has 2 aromatic rings. The van der Waals surface area contributed by atoms with Crippen molar-refractivity contribution >= 4 is 0 Å². The number of benzene rings is 1. The van der Waals surface area contributed by atoms with Crippen LogP contribution >= 0.6 is 0 Å². The van der Waals surface area contributed by atoms with Crippen molar-refractivity contribution in [2.75, 3.05) is 13.2 Å². The van der Waals surface area contributed by atoms with Crippen molar-refractivity contribution in [3.63, 3.8) is 0 Å². The molecule has 2 rings (SSSR count). The van der Waals surface area contributed by atoms with Gasteiger partial charge in [0.05, 0.1) is 12.3 Å². The zero-order chi connectivity index (χ0) is 11.4. The fourth-order valence-corrected chi connectivity index (χ4v) is 1.64. The summed E-state index contributed by atoms with van der Waals surface area (Å²) < 4.78 is 1.79. The van der Waals surface area contributed by atoms with Gasteiger partial charge in [-0.05, 0) is 23.8 Å². The maximum atomic E-state index is 9.14. The summed E-state index contributed by atoms with van der Waals surface area (Å²) in [7, 11) is 0. The molecule has 1 unspecified atom stereocenters. The van der Waals surface area contributed by atoms with Crippen LogP contribution in [0.5, 0.6) is 0 Å². The van der Waals surface area contributed by atoms with Gasteiger partial charge in [-0.1, -0.05) is 12.1 Å². The molecule has 3 N–H and O–H groups in total. The van der Waals surface area contributed by atoms with E-state index in [0.717, 1.165) is 11.3 Å². The fourth-order valence-electron chi connectivity index (χ4n) is 1.64. The molecule has 0 aliphatic heterocycles. The summed E-state index contributed by atoms with van der Waals surface area (Å²) in [5, 5.41) is 13.3. The summed E-state index contributed by atoms with van der Waals surface area (Å²) in [5.41, 5.74) is 7.63. The Morgan fingerprint density at radius 1 is 1.31 bits per heavy atom. The number of nitrogens with two attached hydrogens (primary N) is 1. The molecule has 0 radical (unpaired) electrons. The molecule has 0 fully saturated rings. The van der Waals surface area contributed by atoms with E-state index in [-0.39, 0.29) is 12.5 Å². The molecular weight excluding hydrogens is 202 g/mol. The average Bonchev–Trinajstić information content (AvgIpc) is 2.85. The molecule has 16 heavy (non-hydrogen) atoms. The van der Waals surface area contributed by atoms with E-state index in [4.69, 9.17) is 10.8 Å². The van der Waals surface area contributed by atoms with E-state index >= 15 is 0 Å². The third kappa shape index (κ3) is 2.13. The lowest BCUT2D eigenvalue weighted by molar-refractivity contribution is 0.268. The number of aliphatic hydroxyl groups excluding tert-OH is 1. The van der Waals surface area contributed by atoms with Crippen LogP contribution in [0.15, 0.2) is 42.7 Å². The Bertz CT molecular complexity index is 418. The minimum Gasteiger partial charge on any atom is -0.396 e. The summed E-state index contributed by atoms with van der Waals surface area (Å²) >= 11 is 0. The van der Waals surface area contributed by atoms with Gasteiger partial charge < -0.3 is 10.8 Å². The SMILES string of the molecule is NCC(CO)c1ccc(-n2cccn2)cc1. The van der Waals surface area contributed by atoms with Gasteiger partial charge in [0.25, 0.3) is 0 Å². The van der Waals surface area contributed by atoms with Crippen molar-refractivity contribution < 1.29 is 5.11 Å². The van der Waals surface area contributed by atoms with Crippen molar-refractivity contribution in [1.82, 2.24) is 9.78 Å². The predicted molar refractivity (Wildman–Crippen MR) is 62.4 cm³/mol. The highest BCUT2D eigenvalue weighted by molar-refractivity contribution is 5.35. The minimum atomic E-state index is 0.0201. The molecular formula is C12H15N3O. The van der Waals surface area contributed by atoms with Crippen LogP contribution in [0.1, 0.15) is 11.5 Å². The van der Waals surface area contributed by atoms with Crippen LogP contribution in [0.2, 0.25) is 0 Å². The van der Waals surface area contributed by atoms with Crippen molar-refractivity contribution in [2.45, 2.75) is 5.92 Å². The van der Waals surface area contributed by atoms with Crippen molar-refractivity contribution in [3.8, 4) is 5.69 Å². The summed E-state index contributed by atoms with van der Waals surface area (Å²) in [4.78, 5) is 0. The largest absolute Gasteiger partial charge is 0.396 e. The van der Waals surface area contributed by atoms with Crippen LogP contribution < -0.4 is 5.73 Å². The smallest absolute Gasteiger partial charge is 0.0645 e. The van der Waals surface area contributed by atoms with Gasteiger partial charge in [0, 0.05) is 24.9 Å². The van der Waals surface area contributed by atoms with E-state index in [1.807, 2.05) is 36.5 Å². The molecule has 1 atom stereocenters. The molecule has 0 bridgehead atoms. The van der Waals surface area contributed by atoms with Gasteiger partial charge in [-0.15, -0.1) is 0 Å². The Balaban J connectivity index is 2.22. The zero-order valence-electron chi connectivity index (χ0n) is 8.95. The van der Waals surface area contributed by atoms with E-state index in [9.17, 15) is 0 Å². The highest BCUT2D eigenvalue weighted by Gasteiger charge is 2.07. The van der Waals surface area contributed by atoms with E-state index in [0.29, 0.717) is 6.54 Å². The minimum absolute atomic E-state index is 0.0201. The predicted octanol–water partition coefficient (Wildman–Crippen LogP) is 0.907. The van der Waals surface area contributed by atoms with E-state index in [1.165, 1.54) is 0 Å². The van der Waals surface area contributed by atoms with Crippen LogP contribution in [0.25, 0.3) is 5.69 Å². The zero-order valence-corrected chi connectivity index (χ0v) is 8.95. The molecule has 4 heteroatoms. The first-order valence-corrected chi connectivity index (χ1v) is 5.26. The molecule has 1 heterocycles. The second-order valence-corrected chi connectivity index (χ2v) is 3.66. The maximum Gasteiger partial charge on any atom is 0.0645 e. The second kappa shape index (κ2) is 4.92. The Morgan fingerprint density at radius 3 is 2.56 bits per heavy atom. The molecule has 1 aromatic heterocycles. The summed E-state index contributed by atoms with van der Waals surface area (Å²) in [6.45, 7) is 0.537. The molecule has 4 nitrogen and oxygen atoms in total. The monoisotopic (exact) mass is 217 g/mol. The summed E-state index contributed by atoms with van der Waals surface area (Å²) in [5.74, 6) is 0.0201. The van der Waals surface area contributed by atoms with Gasteiger partial charge in [-0.3, -0.25) is 0 Å². The fraction of sp³-hybridized carbons (Fsp3) is 0.250. The molecule has 0 saturated heterocycles. The molecule has 0 aliphatic rings. The first-order chi connectivity index (χ1) is 7.85. The topological polar surface area (TPSA) is 64.1 Å².